The van der Waals surface area contributed by atoms with Gasteiger partial charge < -0.3 is 9.73 Å². The third-order valence-corrected chi connectivity index (χ3v) is 5.18. The fourth-order valence-corrected chi connectivity index (χ4v) is 3.38. The maximum absolute atomic E-state index is 5.96. The van der Waals surface area contributed by atoms with E-state index in [0.717, 1.165) is 42.5 Å². The third kappa shape index (κ3) is 4.10. The van der Waals surface area contributed by atoms with Gasteiger partial charge in [-0.15, -0.1) is 0 Å². The lowest BCUT2D eigenvalue weighted by atomic mass is 9.87. The van der Waals surface area contributed by atoms with Crippen LogP contribution < -0.4 is 5.32 Å². The first-order valence-electron chi connectivity index (χ1n) is 8.65. The summed E-state index contributed by atoms with van der Waals surface area (Å²) < 4.78 is 5.96. The van der Waals surface area contributed by atoms with Gasteiger partial charge in [0.15, 0.2) is 0 Å². The lowest BCUT2D eigenvalue weighted by Crippen LogP contribution is -2.34. The van der Waals surface area contributed by atoms with Crippen molar-refractivity contribution in [3.05, 3.63) is 23.2 Å². The number of likely N-dealkylation sites (tertiary alicyclic amines) is 1. The van der Waals surface area contributed by atoms with Crippen LogP contribution in [0.5, 0.6) is 0 Å². The van der Waals surface area contributed by atoms with E-state index in [9.17, 15) is 0 Å². The number of hydrogen-bond donors (Lipinski definition) is 1. The second kappa shape index (κ2) is 6.53. The Morgan fingerprint density at radius 3 is 2.57 bits per heavy atom. The summed E-state index contributed by atoms with van der Waals surface area (Å²) in [6.07, 6.45) is 5.37. The molecule has 1 saturated carbocycles. The van der Waals surface area contributed by atoms with Gasteiger partial charge in [-0.25, -0.2) is 0 Å². The fraction of sp³-hybridized carbons (Fsp3) is 0.778. The van der Waals surface area contributed by atoms with Crippen LogP contribution in [0.15, 0.2) is 10.5 Å². The predicted molar refractivity (Wildman–Crippen MR) is 86.1 cm³/mol. The molecule has 0 atom stereocenters. The lowest BCUT2D eigenvalue weighted by molar-refractivity contribution is 0.143. The number of furan rings is 1. The number of aryl methyl sites for hydroxylation is 1. The first kappa shape index (κ1) is 15.1. The molecule has 1 aliphatic heterocycles. The van der Waals surface area contributed by atoms with E-state index in [1.807, 2.05) is 0 Å². The zero-order chi connectivity index (χ0) is 14.8. The molecule has 0 radical (unpaired) electrons. The largest absolute Gasteiger partial charge is 0.465 e. The van der Waals surface area contributed by atoms with Gasteiger partial charge in [-0.2, -0.15) is 0 Å². The molecule has 0 unspecified atom stereocenters. The Morgan fingerprint density at radius 1 is 1.24 bits per heavy atom. The standard InChI is InChI=1S/C18H30N2O/c1-13(2)15-6-8-20(9-7-15)12-18-10-16(14(3)21-18)11-19-17-4-5-17/h10,13,15,17,19H,4-9,11-12H2,1-3H3. The molecule has 0 aromatic carbocycles. The zero-order valence-corrected chi connectivity index (χ0v) is 13.8. The summed E-state index contributed by atoms with van der Waals surface area (Å²) in [7, 11) is 0. The van der Waals surface area contributed by atoms with Crippen molar-refractivity contribution >= 4 is 0 Å². The van der Waals surface area contributed by atoms with Crippen LogP contribution in [-0.4, -0.2) is 24.0 Å². The number of nitrogens with one attached hydrogen (secondary N) is 1. The van der Waals surface area contributed by atoms with Crippen LogP contribution in [0, 0.1) is 18.8 Å². The lowest BCUT2D eigenvalue weighted by Gasteiger charge is -2.33. The summed E-state index contributed by atoms with van der Waals surface area (Å²) in [5, 5.41) is 3.58. The molecule has 0 bridgehead atoms. The van der Waals surface area contributed by atoms with Crippen LogP contribution in [0.2, 0.25) is 0 Å². The molecule has 2 fully saturated rings. The molecule has 1 saturated heterocycles. The predicted octanol–water partition coefficient (Wildman–Crippen LogP) is 3.71. The highest BCUT2D eigenvalue weighted by Gasteiger charge is 2.23. The van der Waals surface area contributed by atoms with Gasteiger partial charge in [0.1, 0.15) is 11.5 Å². The second-order valence-electron chi connectivity index (χ2n) is 7.31. The Labute approximate surface area is 129 Å². The van der Waals surface area contributed by atoms with E-state index in [4.69, 9.17) is 4.42 Å². The Morgan fingerprint density at radius 2 is 1.95 bits per heavy atom. The van der Waals surface area contributed by atoms with Crippen molar-refractivity contribution in [2.45, 2.75) is 65.6 Å². The molecule has 1 aromatic heterocycles. The van der Waals surface area contributed by atoms with Gasteiger partial charge in [0.2, 0.25) is 0 Å². The third-order valence-electron chi connectivity index (χ3n) is 5.18. The number of rotatable bonds is 6. The molecule has 3 nitrogen and oxygen atoms in total. The Hall–Kier alpha value is -0.800. The van der Waals surface area contributed by atoms with Crippen molar-refractivity contribution in [2.24, 2.45) is 11.8 Å². The summed E-state index contributed by atoms with van der Waals surface area (Å²) >= 11 is 0. The van der Waals surface area contributed by atoms with Crippen LogP contribution in [-0.2, 0) is 13.1 Å². The number of piperidine rings is 1. The maximum Gasteiger partial charge on any atom is 0.118 e. The molecule has 21 heavy (non-hydrogen) atoms. The van der Waals surface area contributed by atoms with Gasteiger partial charge in [0.05, 0.1) is 6.54 Å². The summed E-state index contributed by atoms with van der Waals surface area (Å²) in [6.45, 7) is 11.2. The molecule has 2 aliphatic rings. The van der Waals surface area contributed by atoms with Gasteiger partial charge in [0.25, 0.3) is 0 Å². The Bertz CT molecular complexity index is 454. The molecule has 1 N–H and O–H groups in total. The van der Waals surface area contributed by atoms with E-state index in [2.05, 4.69) is 37.1 Å². The Kier molecular flexibility index (Phi) is 4.70. The van der Waals surface area contributed by atoms with Gasteiger partial charge in [-0.1, -0.05) is 13.8 Å². The van der Waals surface area contributed by atoms with Crippen molar-refractivity contribution in [2.75, 3.05) is 13.1 Å². The van der Waals surface area contributed by atoms with Crippen LogP contribution in [0.25, 0.3) is 0 Å². The monoisotopic (exact) mass is 290 g/mol. The van der Waals surface area contributed by atoms with E-state index in [-0.39, 0.29) is 0 Å². The molecule has 118 valence electrons. The molecule has 1 aromatic rings. The highest BCUT2D eigenvalue weighted by Crippen LogP contribution is 2.26. The molecular weight excluding hydrogens is 260 g/mol. The van der Waals surface area contributed by atoms with Crippen molar-refractivity contribution < 1.29 is 4.42 Å². The fourth-order valence-electron chi connectivity index (χ4n) is 3.38. The Balaban J connectivity index is 1.49. The van der Waals surface area contributed by atoms with Crippen molar-refractivity contribution in [3.63, 3.8) is 0 Å². The van der Waals surface area contributed by atoms with Crippen molar-refractivity contribution in [3.8, 4) is 0 Å². The zero-order valence-electron chi connectivity index (χ0n) is 13.8. The first-order chi connectivity index (χ1) is 10.1. The minimum Gasteiger partial charge on any atom is -0.465 e. The normalized spacial score (nSPS) is 21.3. The van der Waals surface area contributed by atoms with Gasteiger partial charge in [-0.3, -0.25) is 4.90 Å². The molecule has 3 rings (SSSR count). The maximum atomic E-state index is 5.96. The van der Waals surface area contributed by atoms with Gasteiger partial charge in [0, 0.05) is 18.2 Å². The quantitative estimate of drug-likeness (QED) is 0.866. The van der Waals surface area contributed by atoms with Gasteiger partial charge in [-0.05, 0) is 63.6 Å². The second-order valence-corrected chi connectivity index (χ2v) is 7.31. The smallest absolute Gasteiger partial charge is 0.118 e. The van der Waals surface area contributed by atoms with Crippen molar-refractivity contribution in [1.82, 2.24) is 10.2 Å². The molecule has 0 amide bonds. The number of nitrogens with zero attached hydrogens (tertiary/aromatic N) is 1. The first-order valence-corrected chi connectivity index (χ1v) is 8.65. The van der Waals surface area contributed by atoms with E-state index in [1.165, 1.54) is 44.3 Å². The van der Waals surface area contributed by atoms with E-state index in [1.54, 1.807) is 0 Å². The molecule has 3 heteroatoms. The highest BCUT2D eigenvalue weighted by molar-refractivity contribution is 5.21. The summed E-state index contributed by atoms with van der Waals surface area (Å²) in [5.74, 6) is 3.98. The van der Waals surface area contributed by atoms with Crippen LogP contribution in [0.3, 0.4) is 0 Å². The minimum absolute atomic E-state index is 0.762. The topological polar surface area (TPSA) is 28.4 Å². The summed E-state index contributed by atoms with van der Waals surface area (Å²) in [4.78, 5) is 2.55. The molecular formula is C18H30N2O. The average Bonchev–Trinajstić information content (AvgIpc) is 3.22. The van der Waals surface area contributed by atoms with Crippen LogP contribution in [0.1, 0.15) is 56.6 Å². The average molecular weight is 290 g/mol. The summed E-state index contributed by atoms with van der Waals surface area (Å²) in [6, 6.07) is 3.03. The van der Waals surface area contributed by atoms with E-state index < -0.39 is 0 Å². The highest BCUT2D eigenvalue weighted by atomic mass is 16.3. The van der Waals surface area contributed by atoms with Crippen LogP contribution in [0.4, 0.5) is 0 Å². The molecule has 0 spiro atoms. The van der Waals surface area contributed by atoms with Gasteiger partial charge >= 0.3 is 0 Å². The number of hydrogen-bond acceptors (Lipinski definition) is 3. The summed E-state index contributed by atoms with van der Waals surface area (Å²) in [5.41, 5.74) is 1.34. The van der Waals surface area contributed by atoms with E-state index in [0.29, 0.717) is 0 Å². The molecule has 1 aliphatic carbocycles. The van der Waals surface area contributed by atoms with Crippen molar-refractivity contribution in [1.29, 1.82) is 0 Å². The minimum atomic E-state index is 0.762. The molecule has 2 heterocycles. The SMILES string of the molecule is Cc1oc(CN2CCC(C(C)C)CC2)cc1CNC1CC1. The van der Waals surface area contributed by atoms with Crippen LogP contribution >= 0.6 is 0 Å². The van der Waals surface area contributed by atoms with E-state index >= 15 is 0 Å².